The van der Waals surface area contributed by atoms with Crippen LogP contribution in [0, 0.1) is 0 Å². The highest BCUT2D eigenvalue weighted by Gasteiger charge is 2.38. The van der Waals surface area contributed by atoms with Crippen molar-refractivity contribution in [2.75, 3.05) is 18.9 Å². The van der Waals surface area contributed by atoms with Crippen LogP contribution in [0.2, 0.25) is 0 Å². The van der Waals surface area contributed by atoms with Crippen molar-refractivity contribution in [3.63, 3.8) is 0 Å². The van der Waals surface area contributed by atoms with Gasteiger partial charge in [-0.05, 0) is 35.9 Å². The van der Waals surface area contributed by atoms with E-state index >= 15 is 0 Å². The molecule has 0 fully saturated rings. The molecule has 2 aromatic carbocycles. The minimum atomic E-state index is -5.08. The van der Waals surface area contributed by atoms with Crippen LogP contribution in [0.25, 0.3) is 0 Å². The molecule has 1 aromatic heterocycles. The maximum Gasteiger partial charge on any atom is 0.490 e. The highest BCUT2D eigenvalue weighted by Crippen LogP contribution is 2.31. The van der Waals surface area contributed by atoms with Crippen LogP contribution in [0.5, 0.6) is 0 Å². The number of rotatable bonds is 5. The summed E-state index contributed by atoms with van der Waals surface area (Å²) in [5.41, 5.74) is 4.05. The minimum absolute atomic E-state index is 0.0708. The highest BCUT2D eigenvalue weighted by molar-refractivity contribution is 6.39. The van der Waals surface area contributed by atoms with E-state index in [2.05, 4.69) is 32.7 Å². The fourth-order valence-electron chi connectivity index (χ4n) is 3.68. The summed E-state index contributed by atoms with van der Waals surface area (Å²) < 4.78 is 33.7. The number of carbonyl (C=O) groups is 3. The summed E-state index contributed by atoms with van der Waals surface area (Å²) >= 11 is 0. The number of alkyl halides is 3. The van der Waals surface area contributed by atoms with Crippen LogP contribution in [-0.2, 0) is 27.5 Å². The zero-order valence-corrected chi connectivity index (χ0v) is 19.2. The first kappa shape index (κ1) is 26.4. The Kier molecular flexibility index (Phi) is 8.43. The zero-order valence-electron chi connectivity index (χ0n) is 19.2. The second kappa shape index (κ2) is 11.5. The molecule has 1 aliphatic rings. The molecule has 0 saturated carbocycles. The summed E-state index contributed by atoms with van der Waals surface area (Å²) in [6.45, 7) is 1.87. The number of nitrogens with one attached hydrogen (secondary N) is 2. The predicted molar refractivity (Wildman–Crippen MR) is 124 cm³/mol. The Hall–Kier alpha value is -4.19. The number of carboxylic acid groups (broad SMARTS) is 1. The van der Waals surface area contributed by atoms with Gasteiger partial charge in [0.05, 0.1) is 12.4 Å². The number of benzene rings is 2. The van der Waals surface area contributed by atoms with E-state index in [9.17, 15) is 22.8 Å². The van der Waals surface area contributed by atoms with E-state index in [4.69, 9.17) is 9.90 Å². The van der Waals surface area contributed by atoms with E-state index in [1.807, 2.05) is 48.1 Å². The molecule has 36 heavy (non-hydrogen) atoms. The number of hydrogen-bond acceptors (Lipinski definition) is 5. The van der Waals surface area contributed by atoms with Crippen molar-refractivity contribution in [3.05, 3.63) is 83.9 Å². The molecule has 3 aromatic rings. The molecule has 0 aliphatic carbocycles. The van der Waals surface area contributed by atoms with Crippen molar-refractivity contribution < 1.29 is 32.7 Å². The van der Waals surface area contributed by atoms with Gasteiger partial charge in [0.15, 0.2) is 0 Å². The van der Waals surface area contributed by atoms with Gasteiger partial charge in [-0.25, -0.2) is 9.78 Å². The molecule has 0 saturated heterocycles. The first-order chi connectivity index (χ1) is 17.0. The van der Waals surface area contributed by atoms with Gasteiger partial charge in [-0.1, -0.05) is 36.4 Å². The van der Waals surface area contributed by atoms with Gasteiger partial charge >= 0.3 is 24.0 Å². The van der Waals surface area contributed by atoms with Crippen LogP contribution < -0.4 is 10.6 Å². The number of carbonyl (C=O) groups excluding carboxylic acids is 2. The Balaban J connectivity index is 0.000000454. The van der Waals surface area contributed by atoms with Gasteiger partial charge in [0.2, 0.25) is 0 Å². The van der Waals surface area contributed by atoms with E-state index in [1.165, 1.54) is 11.1 Å². The maximum absolute atomic E-state index is 12.3. The van der Waals surface area contributed by atoms with Crippen molar-refractivity contribution in [1.82, 2.24) is 19.8 Å². The van der Waals surface area contributed by atoms with Gasteiger partial charge < -0.3 is 20.3 Å². The molecule has 190 valence electrons. The SMILES string of the molecule is CN1Cc2ccccc2C1CNC(=O)C(=O)Nc1cccc(Cn2ccnc2)c1.O=C(O)C(F)(F)F. The van der Waals surface area contributed by atoms with Crippen molar-refractivity contribution in [2.45, 2.75) is 25.3 Å². The molecule has 3 N–H and O–H groups in total. The van der Waals surface area contributed by atoms with Crippen LogP contribution in [0.3, 0.4) is 0 Å². The average Bonchev–Trinajstić information content (AvgIpc) is 3.44. The van der Waals surface area contributed by atoms with Gasteiger partial charge in [0.25, 0.3) is 0 Å². The minimum Gasteiger partial charge on any atom is -0.475 e. The van der Waals surface area contributed by atoms with Crippen molar-refractivity contribution >= 4 is 23.5 Å². The van der Waals surface area contributed by atoms with Crippen LogP contribution in [0.1, 0.15) is 22.7 Å². The number of likely N-dealkylation sites (N-methyl/N-ethyl adjacent to an activating group) is 1. The quantitative estimate of drug-likeness (QED) is 0.461. The smallest absolute Gasteiger partial charge is 0.475 e. The molecule has 2 amide bonds. The number of aromatic nitrogens is 2. The molecule has 12 heteroatoms. The van der Waals surface area contributed by atoms with Gasteiger partial charge in [0, 0.05) is 37.7 Å². The molecule has 9 nitrogen and oxygen atoms in total. The van der Waals surface area contributed by atoms with Crippen LogP contribution >= 0.6 is 0 Å². The van der Waals surface area contributed by atoms with Crippen molar-refractivity contribution in [3.8, 4) is 0 Å². The first-order valence-electron chi connectivity index (χ1n) is 10.8. The van der Waals surface area contributed by atoms with Crippen LogP contribution in [0.15, 0.2) is 67.3 Å². The second-order valence-electron chi connectivity index (χ2n) is 8.03. The number of anilines is 1. The molecule has 4 rings (SSSR count). The topological polar surface area (TPSA) is 117 Å². The molecule has 1 aliphatic heterocycles. The number of imidazole rings is 1. The Labute approximate surface area is 204 Å². The molecule has 0 bridgehead atoms. The van der Waals surface area contributed by atoms with Crippen molar-refractivity contribution in [2.24, 2.45) is 0 Å². The number of nitrogens with zero attached hydrogens (tertiary/aromatic N) is 3. The predicted octanol–water partition coefficient (Wildman–Crippen LogP) is 2.81. The Bertz CT molecular complexity index is 1210. The fourth-order valence-corrected chi connectivity index (χ4v) is 3.68. The summed E-state index contributed by atoms with van der Waals surface area (Å²) in [6.07, 6.45) is 0.240. The maximum atomic E-state index is 12.3. The van der Waals surface area contributed by atoms with Gasteiger partial charge in [-0.3, -0.25) is 14.5 Å². The standard InChI is InChI=1S/C22H23N5O2.C2HF3O2/c1-26-14-17-6-2-3-8-19(17)20(26)12-24-21(28)22(29)25-18-7-4-5-16(11-18)13-27-10-9-23-15-27;3-2(4,5)1(6)7/h2-11,15,20H,12-14H2,1H3,(H,24,28)(H,25,29);(H,6,7). The number of fused-ring (bicyclic) bond motifs is 1. The molecule has 1 atom stereocenters. The largest absolute Gasteiger partial charge is 0.490 e. The summed E-state index contributed by atoms with van der Waals surface area (Å²) in [5.74, 6) is -4.06. The lowest BCUT2D eigenvalue weighted by Gasteiger charge is -2.20. The monoisotopic (exact) mass is 503 g/mol. The van der Waals surface area contributed by atoms with E-state index < -0.39 is 24.0 Å². The van der Waals surface area contributed by atoms with Gasteiger partial charge in [-0.2, -0.15) is 13.2 Å². The van der Waals surface area contributed by atoms with Crippen molar-refractivity contribution in [1.29, 1.82) is 0 Å². The van der Waals surface area contributed by atoms with E-state index in [0.717, 1.165) is 12.1 Å². The van der Waals surface area contributed by atoms with E-state index in [1.54, 1.807) is 18.6 Å². The summed E-state index contributed by atoms with van der Waals surface area (Å²) in [6, 6.07) is 15.7. The summed E-state index contributed by atoms with van der Waals surface area (Å²) in [7, 11) is 2.02. The Morgan fingerprint density at radius 3 is 2.50 bits per heavy atom. The number of aliphatic carboxylic acids is 1. The van der Waals surface area contributed by atoms with Crippen LogP contribution in [0.4, 0.5) is 18.9 Å². The van der Waals surface area contributed by atoms with Gasteiger partial charge in [0.1, 0.15) is 0 Å². The lowest BCUT2D eigenvalue weighted by Crippen LogP contribution is -2.39. The molecular formula is C24H24F3N5O4. The fraction of sp³-hybridized carbons (Fsp3) is 0.250. The Morgan fingerprint density at radius 2 is 1.83 bits per heavy atom. The third kappa shape index (κ3) is 7.15. The second-order valence-corrected chi connectivity index (χ2v) is 8.03. The molecule has 2 heterocycles. The van der Waals surface area contributed by atoms with E-state index in [-0.39, 0.29) is 6.04 Å². The number of hydrogen-bond donors (Lipinski definition) is 3. The molecule has 0 radical (unpaired) electrons. The van der Waals surface area contributed by atoms with Crippen LogP contribution in [-0.4, -0.2) is 57.1 Å². The molecule has 1 unspecified atom stereocenters. The third-order valence-corrected chi connectivity index (χ3v) is 5.38. The zero-order chi connectivity index (χ0) is 26.3. The average molecular weight is 503 g/mol. The number of amides is 2. The highest BCUT2D eigenvalue weighted by atomic mass is 19.4. The third-order valence-electron chi connectivity index (χ3n) is 5.38. The lowest BCUT2D eigenvalue weighted by atomic mass is 10.1. The lowest BCUT2D eigenvalue weighted by molar-refractivity contribution is -0.192. The first-order valence-corrected chi connectivity index (χ1v) is 10.8. The molecular weight excluding hydrogens is 479 g/mol. The summed E-state index contributed by atoms with van der Waals surface area (Å²) in [5, 5.41) is 12.6. The number of carboxylic acids is 1. The normalized spacial score (nSPS) is 14.8. The number of halogens is 3. The molecule has 0 spiro atoms. The van der Waals surface area contributed by atoms with E-state index in [0.29, 0.717) is 18.8 Å². The summed E-state index contributed by atoms with van der Waals surface area (Å²) in [4.78, 5) is 39.7. The van der Waals surface area contributed by atoms with Gasteiger partial charge in [-0.15, -0.1) is 0 Å². The Morgan fingerprint density at radius 1 is 1.11 bits per heavy atom.